The van der Waals surface area contributed by atoms with Crippen molar-refractivity contribution in [1.82, 2.24) is 9.47 Å². The van der Waals surface area contributed by atoms with E-state index in [4.69, 9.17) is 4.74 Å². The molecule has 2 aromatic rings. The maximum absolute atomic E-state index is 15.7. The second kappa shape index (κ2) is 9.76. The number of carboxylic acid groups (broad SMARTS) is 1. The lowest BCUT2D eigenvalue weighted by Crippen LogP contribution is -2.38. The first-order valence-corrected chi connectivity index (χ1v) is 13.1. The highest BCUT2D eigenvalue weighted by atomic mass is 19.1. The Labute approximate surface area is 205 Å². The molecule has 0 radical (unpaired) electrons. The summed E-state index contributed by atoms with van der Waals surface area (Å²) in [6.07, 6.45) is 8.04. The van der Waals surface area contributed by atoms with Crippen LogP contribution in [0, 0.1) is 5.82 Å². The number of likely N-dealkylation sites (tertiary alicyclic amines) is 1. The van der Waals surface area contributed by atoms with Crippen molar-refractivity contribution in [3.05, 3.63) is 62.3 Å². The third-order valence-corrected chi connectivity index (χ3v) is 7.81. The summed E-state index contributed by atoms with van der Waals surface area (Å²) >= 11 is 0. The third-order valence-electron chi connectivity index (χ3n) is 7.81. The summed E-state index contributed by atoms with van der Waals surface area (Å²) in [6, 6.07) is 3.80. The van der Waals surface area contributed by atoms with Crippen LogP contribution in [0.4, 0.5) is 4.39 Å². The highest BCUT2D eigenvalue weighted by Crippen LogP contribution is 2.52. The number of piperidine rings is 1. The van der Waals surface area contributed by atoms with Crippen molar-refractivity contribution in [2.24, 2.45) is 0 Å². The van der Waals surface area contributed by atoms with Crippen LogP contribution in [-0.4, -0.2) is 40.2 Å². The summed E-state index contributed by atoms with van der Waals surface area (Å²) in [5.41, 5.74) is 3.31. The van der Waals surface area contributed by atoms with Crippen molar-refractivity contribution in [2.45, 2.75) is 83.2 Å². The van der Waals surface area contributed by atoms with Crippen LogP contribution in [0.5, 0.6) is 5.75 Å². The van der Waals surface area contributed by atoms with Gasteiger partial charge in [-0.25, -0.2) is 9.18 Å². The number of nitrogens with zero attached hydrogens (tertiary/aromatic N) is 2. The molecule has 1 aromatic carbocycles. The van der Waals surface area contributed by atoms with Crippen molar-refractivity contribution < 1.29 is 19.0 Å². The molecule has 6 nitrogen and oxygen atoms in total. The van der Waals surface area contributed by atoms with Gasteiger partial charge in [0.2, 0.25) is 0 Å². The second-order valence-electron chi connectivity index (χ2n) is 10.2. The zero-order chi connectivity index (χ0) is 24.7. The Bertz CT molecular complexity index is 1170. The summed E-state index contributed by atoms with van der Waals surface area (Å²) < 4.78 is 23.2. The molecule has 1 aromatic heterocycles. The van der Waals surface area contributed by atoms with Crippen LogP contribution in [-0.2, 0) is 13.0 Å². The average Bonchev–Trinajstić information content (AvgIpc) is 3.75. The van der Waals surface area contributed by atoms with Gasteiger partial charge in [-0.1, -0.05) is 13.0 Å². The topological polar surface area (TPSA) is 71.8 Å². The van der Waals surface area contributed by atoms with Gasteiger partial charge in [-0.05, 0) is 80.9 Å². The number of pyridine rings is 1. The predicted octanol–water partition coefficient (Wildman–Crippen LogP) is 5.24. The van der Waals surface area contributed by atoms with E-state index in [1.54, 1.807) is 16.8 Å². The van der Waals surface area contributed by atoms with Gasteiger partial charge in [-0.15, -0.1) is 0 Å². The average molecular weight is 483 g/mol. The van der Waals surface area contributed by atoms with Crippen LogP contribution in [0.25, 0.3) is 0 Å². The number of rotatable bonds is 9. The highest BCUT2D eigenvalue weighted by Gasteiger charge is 2.37. The largest absolute Gasteiger partial charge is 0.490 e. The fourth-order valence-electron chi connectivity index (χ4n) is 5.68. The first kappa shape index (κ1) is 24.0. The Morgan fingerprint density at radius 2 is 1.80 bits per heavy atom. The molecule has 1 N–H and O–H groups in total. The molecular formula is C28H35FN2O4. The normalized spacial score (nSPS) is 19.2. The molecule has 2 saturated carbocycles. The standard InChI is InChI=1S/C28H35FN2O4/c1-3-21-22(28(33)34)11-14-31(27(21)32)20-9-12-30(13-10-20)16-19-15-23(17-5-6-17)24(18-7-8-18)25(29)26(19)35-4-2/h11,14-15,17-18,20H,3-10,12-13,16H2,1-2H3,(H,33,34). The summed E-state index contributed by atoms with van der Waals surface area (Å²) in [5, 5.41) is 9.39. The fourth-order valence-corrected chi connectivity index (χ4v) is 5.68. The van der Waals surface area contributed by atoms with E-state index in [-0.39, 0.29) is 23.0 Å². The van der Waals surface area contributed by atoms with Gasteiger partial charge >= 0.3 is 5.97 Å². The van der Waals surface area contributed by atoms with Gasteiger partial charge in [-0.3, -0.25) is 9.69 Å². The quantitative estimate of drug-likeness (QED) is 0.529. The summed E-state index contributed by atoms with van der Waals surface area (Å²) in [7, 11) is 0. The minimum atomic E-state index is -1.06. The predicted molar refractivity (Wildman–Crippen MR) is 132 cm³/mol. The van der Waals surface area contributed by atoms with Gasteiger partial charge in [-0.2, -0.15) is 0 Å². The van der Waals surface area contributed by atoms with E-state index in [9.17, 15) is 14.7 Å². The molecule has 3 aliphatic rings. The molecule has 0 spiro atoms. The van der Waals surface area contributed by atoms with E-state index in [0.717, 1.165) is 62.7 Å². The molecule has 2 aliphatic carbocycles. The van der Waals surface area contributed by atoms with Crippen molar-refractivity contribution >= 4 is 5.97 Å². The first-order valence-electron chi connectivity index (χ1n) is 13.1. The molecule has 1 aliphatic heterocycles. The van der Waals surface area contributed by atoms with Crippen LogP contribution in [0.15, 0.2) is 23.1 Å². The smallest absolute Gasteiger partial charge is 0.336 e. The number of halogens is 1. The number of aromatic nitrogens is 1. The zero-order valence-corrected chi connectivity index (χ0v) is 20.7. The van der Waals surface area contributed by atoms with Crippen molar-refractivity contribution in [3.63, 3.8) is 0 Å². The van der Waals surface area contributed by atoms with Crippen LogP contribution < -0.4 is 10.3 Å². The molecule has 0 unspecified atom stereocenters. The minimum absolute atomic E-state index is 0.0364. The summed E-state index contributed by atoms with van der Waals surface area (Å²) in [4.78, 5) is 26.8. The molecule has 35 heavy (non-hydrogen) atoms. The zero-order valence-electron chi connectivity index (χ0n) is 20.7. The number of hydrogen-bond donors (Lipinski definition) is 1. The van der Waals surface area contributed by atoms with Crippen LogP contribution in [0.1, 0.15) is 103 Å². The maximum Gasteiger partial charge on any atom is 0.336 e. The lowest BCUT2D eigenvalue weighted by atomic mass is 9.94. The van der Waals surface area contributed by atoms with Crippen LogP contribution >= 0.6 is 0 Å². The van der Waals surface area contributed by atoms with Crippen LogP contribution in [0.2, 0.25) is 0 Å². The van der Waals surface area contributed by atoms with Crippen molar-refractivity contribution in [3.8, 4) is 5.75 Å². The molecular weight excluding hydrogens is 447 g/mol. The molecule has 1 saturated heterocycles. The summed E-state index contributed by atoms with van der Waals surface area (Å²) in [5.74, 6) is 0.0773. The molecule has 2 heterocycles. The number of benzene rings is 1. The van der Waals surface area contributed by atoms with E-state index in [2.05, 4.69) is 11.0 Å². The number of aromatic carboxylic acids is 1. The van der Waals surface area contributed by atoms with Crippen molar-refractivity contribution in [2.75, 3.05) is 19.7 Å². The number of ether oxygens (including phenoxy) is 1. The molecule has 188 valence electrons. The minimum Gasteiger partial charge on any atom is -0.490 e. The second-order valence-corrected chi connectivity index (χ2v) is 10.2. The van der Waals surface area contributed by atoms with E-state index < -0.39 is 5.97 Å². The Morgan fingerprint density at radius 3 is 2.37 bits per heavy atom. The molecule has 7 heteroatoms. The number of hydrogen-bond acceptors (Lipinski definition) is 4. The SMILES string of the molecule is CCOc1c(CN2CCC(n3ccc(C(=O)O)c(CC)c3=O)CC2)cc(C2CC2)c(C2CC2)c1F. The molecule has 0 bridgehead atoms. The van der Waals surface area contributed by atoms with Gasteiger partial charge in [0.15, 0.2) is 11.6 Å². The first-order chi connectivity index (χ1) is 16.9. The lowest BCUT2D eigenvalue weighted by Gasteiger charge is -2.33. The third kappa shape index (κ3) is 4.75. The lowest BCUT2D eigenvalue weighted by molar-refractivity contribution is 0.0695. The van der Waals surface area contributed by atoms with Crippen LogP contribution in [0.3, 0.4) is 0 Å². The highest BCUT2D eigenvalue weighted by molar-refractivity contribution is 5.89. The molecule has 0 amide bonds. The summed E-state index contributed by atoms with van der Waals surface area (Å²) in [6.45, 7) is 6.36. The maximum atomic E-state index is 15.7. The van der Waals surface area contributed by atoms with E-state index >= 15 is 4.39 Å². The molecule has 3 fully saturated rings. The Morgan fingerprint density at radius 1 is 1.11 bits per heavy atom. The molecule has 5 rings (SSSR count). The number of carbonyl (C=O) groups is 1. The van der Waals surface area contributed by atoms with Gasteiger partial charge in [0, 0.05) is 43.0 Å². The Kier molecular flexibility index (Phi) is 6.71. The van der Waals surface area contributed by atoms with Crippen molar-refractivity contribution in [1.29, 1.82) is 0 Å². The molecule has 0 atom stereocenters. The fraction of sp³-hybridized carbons (Fsp3) is 0.571. The monoisotopic (exact) mass is 482 g/mol. The van der Waals surface area contributed by atoms with Gasteiger partial charge < -0.3 is 14.4 Å². The van der Waals surface area contributed by atoms with Gasteiger partial charge in [0.25, 0.3) is 5.56 Å². The number of carboxylic acids is 1. The van der Waals surface area contributed by atoms with E-state index in [1.165, 1.54) is 5.56 Å². The van der Waals surface area contributed by atoms with E-state index in [0.29, 0.717) is 42.7 Å². The van der Waals surface area contributed by atoms with Gasteiger partial charge in [0.1, 0.15) is 0 Å². The Balaban J connectivity index is 1.34. The van der Waals surface area contributed by atoms with Gasteiger partial charge in [0.05, 0.1) is 12.2 Å². The Hall–Kier alpha value is -2.67. The van der Waals surface area contributed by atoms with E-state index in [1.807, 2.05) is 13.8 Å².